The lowest BCUT2D eigenvalue weighted by atomic mass is 10.8. The third kappa shape index (κ3) is 4.57. The highest BCUT2D eigenvalue weighted by atomic mass is 31.2. The van der Waals surface area contributed by atoms with E-state index in [0.717, 1.165) is 0 Å². The minimum atomic E-state index is -3.57. The lowest BCUT2D eigenvalue weighted by Gasteiger charge is -2.06. The third-order valence-corrected chi connectivity index (χ3v) is 1.66. The Balaban J connectivity index is 3.46. The van der Waals surface area contributed by atoms with Crippen molar-refractivity contribution in [2.75, 3.05) is 19.5 Å². The van der Waals surface area contributed by atoms with E-state index in [1.54, 1.807) is 0 Å². The molecule has 9 heavy (non-hydrogen) atoms. The van der Waals surface area contributed by atoms with Crippen LogP contribution in [0.15, 0.2) is 0 Å². The lowest BCUT2D eigenvalue weighted by molar-refractivity contribution is 0.183. The van der Waals surface area contributed by atoms with Gasteiger partial charge in [-0.15, -0.1) is 0 Å². The quantitative estimate of drug-likeness (QED) is 0.457. The highest BCUT2D eigenvalue weighted by Gasteiger charge is 2.14. The van der Waals surface area contributed by atoms with Crippen LogP contribution in [0.2, 0.25) is 0 Å². The molecule has 0 aliphatic rings. The van der Waals surface area contributed by atoms with Crippen LogP contribution in [-0.2, 0) is 9.09 Å². The summed E-state index contributed by atoms with van der Waals surface area (Å²) in [6.45, 7) is -0.421. The van der Waals surface area contributed by atoms with Crippen molar-refractivity contribution in [3.8, 4) is 0 Å². The molecule has 0 fully saturated rings. The molecule has 5 nitrogen and oxygen atoms in total. The van der Waals surface area contributed by atoms with E-state index in [2.05, 4.69) is 4.52 Å². The fraction of sp³-hybridized carbons (Fsp3) is 1.00. The minimum absolute atomic E-state index is 0.148. The summed E-state index contributed by atoms with van der Waals surface area (Å²) in [5.41, 5.74) is 4.83. The van der Waals surface area contributed by atoms with Crippen LogP contribution in [-0.4, -0.2) is 29.5 Å². The van der Waals surface area contributed by atoms with Crippen molar-refractivity contribution in [1.82, 2.24) is 0 Å². The van der Waals surface area contributed by atoms with Crippen LogP contribution in [0.25, 0.3) is 0 Å². The molecule has 56 valence electrons. The summed E-state index contributed by atoms with van der Waals surface area (Å²) in [6.07, 6.45) is -0.410. The molecule has 0 bridgehead atoms. The predicted octanol–water partition coefficient (Wildman–Crippen LogP) is -0.903. The molecule has 1 unspecified atom stereocenters. The summed E-state index contributed by atoms with van der Waals surface area (Å²) in [7, 11) is -3.57. The molecule has 0 aromatic heterocycles. The molecule has 0 rings (SSSR count). The first kappa shape index (κ1) is 9.07. The summed E-state index contributed by atoms with van der Waals surface area (Å²) >= 11 is 0. The number of aliphatic hydroxyl groups excluding tert-OH is 1. The van der Waals surface area contributed by atoms with Crippen molar-refractivity contribution in [3.63, 3.8) is 0 Å². The van der Waals surface area contributed by atoms with Crippen LogP contribution < -0.4 is 5.73 Å². The highest BCUT2D eigenvalue weighted by molar-refractivity contribution is 7.52. The van der Waals surface area contributed by atoms with Gasteiger partial charge in [0.05, 0.1) is 19.5 Å². The van der Waals surface area contributed by atoms with Gasteiger partial charge in [0.2, 0.25) is 0 Å². The van der Waals surface area contributed by atoms with Crippen LogP contribution >= 0.6 is 7.60 Å². The van der Waals surface area contributed by atoms with E-state index in [-0.39, 0.29) is 13.2 Å². The lowest BCUT2D eigenvalue weighted by Crippen LogP contribution is -2.05. The molecular weight excluding hydrogens is 145 g/mol. The van der Waals surface area contributed by atoms with Gasteiger partial charge in [0.15, 0.2) is 0 Å². The summed E-state index contributed by atoms with van der Waals surface area (Å²) < 4.78 is 14.7. The third-order valence-electron chi connectivity index (χ3n) is 0.615. The first-order chi connectivity index (χ1) is 4.12. The van der Waals surface area contributed by atoms with Crippen LogP contribution in [0.5, 0.6) is 0 Å². The maximum Gasteiger partial charge on any atom is 0.341 e. The highest BCUT2D eigenvalue weighted by Crippen LogP contribution is 2.38. The molecule has 0 aliphatic carbocycles. The second kappa shape index (κ2) is 3.98. The largest absolute Gasteiger partial charge is 0.394 e. The van der Waals surface area contributed by atoms with Crippen molar-refractivity contribution in [1.29, 1.82) is 0 Å². The van der Waals surface area contributed by atoms with Crippen molar-refractivity contribution in [2.24, 2.45) is 5.73 Å². The molecular formula is C3H10NO4P. The van der Waals surface area contributed by atoms with E-state index < -0.39 is 13.9 Å². The fourth-order valence-corrected chi connectivity index (χ4v) is 0.709. The Morgan fingerprint density at radius 3 is 2.56 bits per heavy atom. The first-order valence-corrected chi connectivity index (χ1v) is 4.16. The molecule has 0 heterocycles. The number of hydrogen-bond acceptors (Lipinski definition) is 4. The van der Waals surface area contributed by atoms with Crippen LogP contribution in [0.1, 0.15) is 0 Å². The van der Waals surface area contributed by atoms with Crippen molar-refractivity contribution in [3.05, 3.63) is 0 Å². The zero-order valence-electron chi connectivity index (χ0n) is 4.86. The summed E-state index contributed by atoms with van der Waals surface area (Å²) in [5.74, 6) is 0. The molecule has 0 aromatic carbocycles. The van der Waals surface area contributed by atoms with Crippen molar-refractivity contribution in [2.45, 2.75) is 0 Å². The molecule has 6 heteroatoms. The van der Waals surface area contributed by atoms with Gasteiger partial charge in [-0.3, -0.25) is 4.57 Å². The van der Waals surface area contributed by atoms with Crippen molar-refractivity contribution < 1.29 is 19.1 Å². The molecule has 0 aromatic rings. The SMILES string of the molecule is NCP(=O)(O)OCCO. The average Bonchev–Trinajstić information content (AvgIpc) is 1.84. The van der Waals surface area contributed by atoms with E-state index in [1.165, 1.54) is 0 Å². The Morgan fingerprint density at radius 2 is 2.22 bits per heavy atom. The van der Waals surface area contributed by atoms with Gasteiger partial charge in [-0.2, -0.15) is 0 Å². The molecule has 0 saturated heterocycles. The monoisotopic (exact) mass is 155 g/mol. The van der Waals surface area contributed by atoms with Gasteiger partial charge in [0, 0.05) is 0 Å². The van der Waals surface area contributed by atoms with Crippen LogP contribution in [0.3, 0.4) is 0 Å². The molecule has 0 amide bonds. The van der Waals surface area contributed by atoms with Gasteiger partial charge in [0.1, 0.15) is 0 Å². The fourth-order valence-electron chi connectivity index (χ4n) is 0.236. The Kier molecular flexibility index (Phi) is 4.01. The molecule has 0 radical (unpaired) electrons. The smallest absolute Gasteiger partial charge is 0.341 e. The number of rotatable bonds is 4. The zero-order valence-corrected chi connectivity index (χ0v) is 5.75. The van der Waals surface area contributed by atoms with E-state index in [0.29, 0.717) is 0 Å². The molecule has 4 N–H and O–H groups in total. The summed E-state index contributed by atoms with van der Waals surface area (Å²) in [6, 6.07) is 0. The van der Waals surface area contributed by atoms with E-state index in [4.69, 9.17) is 15.7 Å². The summed E-state index contributed by atoms with van der Waals surface area (Å²) in [4.78, 5) is 8.55. The Labute approximate surface area is 53.0 Å². The second-order valence-corrected chi connectivity index (χ2v) is 3.28. The maximum absolute atomic E-state index is 10.4. The van der Waals surface area contributed by atoms with E-state index in [1.807, 2.05) is 0 Å². The minimum Gasteiger partial charge on any atom is -0.394 e. The Bertz CT molecular complexity index is 116. The van der Waals surface area contributed by atoms with Crippen LogP contribution in [0.4, 0.5) is 0 Å². The summed E-state index contributed by atoms with van der Waals surface area (Å²) in [5, 5.41) is 8.13. The number of nitrogens with two attached hydrogens (primary N) is 1. The average molecular weight is 155 g/mol. The first-order valence-electron chi connectivity index (χ1n) is 2.39. The number of aliphatic hydroxyl groups is 1. The topological polar surface area (TPSA) is 92.8 Å². The number of hydrogen-bond donors (Lipinski definition) is 3. The van der Waals surface area contributed by atoms with Gasteiger partial charge in [-0.05, 0) is 0 Å². The molecule has 0 aliphatic heterocycles. The Morgan fingerprint density at radius 1 is 1.67 bits per heavy atom. The van der Waals surface area contributed by atoms with Gasteiger partial charge in [-0.1, -0.05) is 0 Å². The van der Waals surface area contributed by atoms with E-state index >= 15 is 0 Å². The van der Waals surface area contributed by atoms with Gasteiger partial charge >= 0.3 is 7.60 Å². The van der Waals surface area contributed by atoms with Gasteiger partial charge in [0.25, 0.3) is 0 Å². The second-order valence-electron chi connectivity index (χ2n) is 1.38. The maximum atomic E-state index is 10.4. The normalized spacial score (nSPS) is 17.2. The van der Waals surface area contributed by atoms with Gasteiger partial charge in [-0.25, -0.2) is 0 Å². The molecule has 0 spiro atoms. The predicted molar refractivity (Wildman–Crippen MR) is 31.9 cm³/mol. The molecule has 0 saturated carbocycles. The Hall–Kier alpha value is 0.0700. The molecule has 1 atom stereocenters. The van der Waals surface area contributed by atoms with Crippen LogP contribution in [0, 0.1) is 0 Å². The van der Waals surface area contributed by atoms with Crippen molar-refractivity contribution >= 4 is 7.60 Å². The van der Waals surface area contributed by atoms with Gasteiger partial charge < -0.3 is 20.3 Å². The zero-order chi connectivity index (χ0) is 7.33. The standard InChI is InChI=1S/C3H10NO4P/c4-3-9(6,7)8-2-1-5/h5H,1-4H2,(H,6,7). The van der Waals surface area contributed by atoms with E-state index in [9.17, 15) is 4.57 Å².